The fraction of sp³-hybridized carbons (Fsp3) is 0.217. The molecule has 0 spiro atoms. The summed E-state index contributed by atoms with van der Waals surface area (Å²) in [4.78, 5) is 18.1. The van der Waals surface area contributed by atoms with Crippen LogP contribution in [-0.4, -0.2) is 21.9 Å². The third-order valence-corrected chi connectivity index (χ3v) is 5.62. The molecule has 0 unspecified atom stereocenters. The molecule has 2 heterocycles. The maximum atomic E-state index is 12.5. The second kappa shape index (κ2) is 8.49. The van der Waals surface area contributed by atoms with E-state index < -0.39 is 0 Å². The number of thiazole rings is 1. The molecule has 5 nitrogen and oxygen atoms in total. The number of aryl methyl sites for hydroxylation is 1. The molecule has 4 rings (SSSR count). The van der Waals surface area contributed by atoms with Crippen LogP contribution >= 0.6 is 11.3 Å². The maximum Gasteiger partial charge on any atom is 0.230 e. The number of ether oxygens (including phenoxy) is 1. The average molecular weight is 406 g/mol. The highest BCUT2D eigenvalue weighted by molar-refractivity contribution is 7.15. The predicted octanol–water partition coefficient (Wildman–Crippen LogP) is 5.21. The summed E-state index contributed by atoms with van der Waals surface area (Å²) in [6, 6.07) is 15.9. The normalized spacial score (nSPS) is 11.0. The molecule has 0 aliphatic rings. The Morgan fingerprint density at radius 2 is 1.86 bits per heavy atom. The van der Waals surface area contributed by atoms with Crippen LogP contribution in [0.25, 0.3) is 16.2 Å². The molecule has 1 N–H and O–H groups in total. The molecule has 0 radical (unpaired) electrons. The van der Waals surface area contributed by atoms with Gasteiger partial charge in [-0.05, 0) is 55.3 Å². The zero-order valence-electron chi connectivity index (χ0n) is 16.5. The topological polar surface area (TPSA) is 55.6 Å². The SMILES string of the molecule is CCOc1ccc(-c2cn3c(CC(=O)Nc4ccc(CC)cc4)csc3n2)cc1. The Morgan fingerprint density at radius 1 is 1.10 bits per heavy atom. The third-order valence-electron chi connectivity index (χ3n) is 4.73. The van der Waals surface area contributed by atoms with E-state index in [0.717, 1.165) is 39.8 Å². The summed E-state index contributed by atoms with van der Waals surface area (Å²) in [5.74, 6) is 0.812. The van der Waals surface area contributed by atoms with Gasteiger partial charge in [0.25, 0.3) is 0 Å². The lowest BCUT2D eigenvalue weighted by Crippen LogP contribution is -2.15. The number of nitrogens with one attached hydrogen (secondary N) is 1. The fourth-order valence-corrected chi connectivity index (χ4v) is 4.05. The van der Waals surface area contributed by atoms with Gasteiger partial charge in [-0.3, -0.25) is 9.20 Å². The Morgan fingerprint density at radius 3 is 2.55 bits per heavy atom. The van der Waals surface area contributed by atoms with Crippen molar-refractivity contribution in [3.63, 3.8) is 0 Å². The van der Waals surface area contributed by atoms with Crippen LogP contribution in [0.5, 0.6) is 5.75 Å². The van der Waals surface area contributed by atoms with Crippen LogP contribution in [0.1, 0.15) is 25.1 Å². The highest BCUT2D eigenvalue weighted by Crippen LogP contribution is 2.26. The van der Waals surface area contributed by atoms with E-state index in [1.807, 2.05) is 71.4 Å². The molecule has 0 aliphatic carbocycles. The van der Waals surface area contributed by atoms with Gasteiger partial charge in [-0.15, -0.1) is 11.3 Å². The highest BCUT2D eigenvalue weighted by Gasteiger charge is 2.13. The van der Waals surface area contributed by atoms with Crippen LogP contribution in [0, 0.1) is 0 Å². The fourth-order valence-electron chi connectivity index (χ4n) is 3.18. The lowest BCUT2D eigenvalue weighted by Gasteiger charge is -2.06. The predicted molar refractivity (Wildman–Crippen MR) is 118 cm³/mol. The number of amides is 1. The summed E-state index contributed by atoms with van der Waals surface area (Å²) in [5.41, 5.74) is 4.91. The Balaban J connectivity index is 1.48. The van der Waals surface area contributed by atoms with E-state index in [1.54, 1.807) is 11.3 Å². The van der Waals surface area contributed by atoms with Crippen LogP contribution < -0.4 is 10.1 Å². The number of carbonyl (C=O) groups is 1. The number of benzene rings is 2. The van der Waals surface area contributed by atoms with Crippen LogP contribution in [-0.2, 0) is 17.6 Å². The summed E-state index contributed by atoms with van der Waals surface area (Å²) in [5, 5.41) is 4.96. The first-order chi connectivity index (χ1) is 14.2. The molecule has 4 aromatic rings. The number of rotatable bonds is 7. The molecule has 0 saturated heterocycles. The second-order valence-corrected chi connectivity index (χ2v) is 7.58. The zero-order chi connectivity index (χ0) is 20.2. The van der Waals surface area contributed by atoms with Gasteiger partial charge in [0.1, 0.15) is 5.75 Å². The van der Waals surface area contributed by atoms with E-state index in [-0.39, 0.29) is 5.91 Å². The molecular weight excluding hydrogens is 382 g/mol. The molecular formula is C23H23N3O2S. The molecule has 0 bridgehead atoms. The Hall–Kier alpha value is -3.12. The van der Waals surface area contributed by atoms with E-state index in [1.165, 1.54) is 5.56 Å². The van der Waals surface area contributed by atoms with Gasteiger partial charge < -0.3 is 10.1 Å². The first-order valence-corrected chi connectivity index (χ1v) is 10.6. The monoisotopic (exact) mass is 405 g/mol. The van der Waals surface area contributed by atoms with Gasteiger partial charge in [0.05, 0.1) is 18.7 Å². The zero-order valence-corrected chi connectivity index (χ0v) is 17.3. The van der Waals surface area contributed by atoms with Gasteiger partial charge in [0.2, 0.25) is 5.91 Å². The molecule has 1 amide bonds. The van der Waals surface area contributed by atoms with Crippen LogP contribution in [0.3, 0.4) is 0 Å². The van der Waals surface area contributed by atoms with Gasteiger partial charge in [0, 0.05) is 28.5 Å². The lowest BCUT2D eigenvalue weighted by atomic mass is 10.1. The third kappa shape index (κ3) is 4.32. The lowest BCUT2D eigenvalue weighted by molar-refractivity contribution is -0.115. The van der Waals surface area contributed by atoms with E-state index in [0.29, 0.717) is 13.0 Å². The number of carbonyl (C=O) groups excluding carboxylic acids is 1. The van der Waals surface area contributed by atoms with E-state index in [2.05, 4.69) is 12.2 Å². The van der Waals surface area contributed by atoms with Crippen molar-refractivity contribution in [2.24, 2.45) is 0 Å². The molecule has 0 saturated carbocycles. The number of nitrogens with zero attached hydrogens (tertiary/aromatic N) is 2. The average Bonchev–Trinajstić information content (AvgIpc) is 3.31. The second-order valence-electron chi connectivity index (χ2n) is 6.74. The standard InChI is InChI=1S/C23H23N3O2S/c1-3-16-5-9-18(10-6-16)24-22(27)13-19-15-29-23-25-21(14-26(19)23)17-7-11-20(12-8-17)28-4-2/h5-12,14-15H,3-4,13H2,1-2H3,(H,24,27). The number of aromatic nitrogens is 2. The summed E-state index contributed by atoms with van der Waals surface area (Å²) in [7, 11) is 0. The van der Waals surface area contributed by atoms with Crippen molar-refractivity contribution in [2.75, 3.05) is 11.9 Å². The van der Waals surface area contributed by atoms with Gasteiger partial charge in [-0.25, -0.2) is 4.98 Å². The van der Waals surface area contributed by atoms with Crippen molar-refractivity contribution in [1.29, 1.82) is 0 Å². The molecule has 0 atom stereocenters. The summed E-state index contributed by atoms with van der Waals surface area (Å²) in [6.07, 6.45) is 3.27. The first kappa shape index (κ1) is 19.2. The Bertz CT molecular complexity index is 1110. The van der Waals surface area contributed by atoms with E-state index in [9.17, 15) is 4.79 Å². The number of anilines is 1. The van der Waals surface area contributed by atoms with Crippen molar-refractivity contribution in [1.82, 2.24) is 9.38 Å². The van der Waals surface area contributed by atoms with Crippen molar-refractivity contribution in [3.8, 4) is 17.0 Å². The highest BCUT2D eigenvalue weighted by atomic mass is 32.1. The quantitative estimate of drug-likeness (QED) is 0.459. The van der Waals surface area contributed by atoms with Crippen molar-refractivity contribution < 1.29 is 9.53 Å². The van der Waals surface area contributed by atoms with Gasteiger partial charge in [0.15, 0.2) is 4.96 Å². The maximum absolute atomic E-state index is 12.5. The minimum Gasteiger partial charge on any atom is -0.494 e. The van der Waals surface area contributed by atoms with Crippen LogP contribution in [0.2, 0.25) is 0 Å². The molecule has 29 heavy (non-hydrogen) atoms. The molecule has 6 heteroatoms. The van der Waals surface area contributed by atoms with E-state index >= 15 is 0 Å². The minimum atomic E-state index is -0.0368. The number of hydrogen-bond acceptors (Lipinski definition) is 4. The molecule has 2 aromatic carbocycles. The Labute approximate surface area is 174 Å². The Kier molecular flexibility index (Phi) is 5.62. The number of hydrogen-bond donors (Lipinski definition) is 1. The van der Waals surface area contributed by atoms with Gasteiger partial charge in [-0.1, -0.05) is 19.1 Å². The molecule has 2 aromatic heterocycles. The van der Waals surface area contributed by atoms with Crippen LogP contribution in [0.15, 0.2) is 60.1 Å². The largest absolute Gasteiger partial charge is 0.494 e. The summed E-state index contributed by atoms with van der Waals surface area (Å²) >= 11 is 1.54. The summed E-state index contributed by atoms with van der Waals surface area (Å²) in [6.45, 7) is 4.73. The van der Waals surface area contributed by atoms with E-state index in [4.69, 9.17) is 9.72 Å². The van der Waals surface area contributed by atoms with Crippen molar-refractivity contribution in [3.05, 3.63) is 71.4 Å². The number of fused-ring (bicyclic) bond motifs is 1. The summed E-state index contributed by atoms with van der Waals surface area (Å²) < 4.78 is 7.49. The van der Waals surface area contributed by atoms with Gasteiger partial charge in [-0.2, -0.15) is 0 Å². The minimum absolute atomic E-state index is 0.0368. The van der Waals surface area contributed by atoms with Crippen LogP contribution in [0.4, 0.5) is 5.69 Å². The smallest absolute Gasteiger partial charge is 0.230 e. The first-order valence-electron chi connectivity index (χ1n) is 9.73. The molecule has 0 aliphatic heterocycles. The van der Waals surface area contributed by atoms with Gasteiger partial charge >= 0.3 is 0 Å². The number of imidazole rings is 1. The van der Waals surface area contributed by atoms with Crippen molar-refractivity contribution in [2.45, 2.75) is 26.7 Å². The van der Waals surface area contributed by atoms with Crippen molar-refractivity contribution >= 4 is 27.9 Å². The molecule has 0 fully saturated rings. The molecule has 148 valence electrons.